The van der Waals surface area contributed by atoms with Gasteiger partial charge >= 0.3 is 0 Å². The molecule has 0 spiro atoms. The summed E-state index contributed by atoms with van der Waals surface area (Å²) >= 11 is 0. The van der Waals surface area contributed by atoms with Gasteiger partial charge in [-0.25, -0.2) is 0 Å². The molecule has 0 aromatic carbocycles. The molecule has 1 saturated heterocycles. The molecule has 12 heavy (non-hydrogen) atoms. The Labute approximate surface area is 74.7 Å². The second-order valence-electron chi connectivity index (χ2n) is 4.78. The number of rotatable bonds is 0. The fourth-order valence-electron chi connectivity index (χ4n) is 2.32. The van der Waals surface area contributed by atoms with Crippen molar-refractivity contribution in [1.29, 1.82) is 0 Å². The predicted molar refractivity (Wildman–Crippen MR) is 51.4 cm³/mol. The van der Waals surface area contributed by atoms with Crippen LogP contribution in [0.1, 0.15) is 27.2 Å². The summed E-state index contributed by atoms with van der Waals surface area (Å²) in [6.07, 6.45) is 3.71. The monoisotopic (exact) mass is 166 g/mol. The maximum atomic E-state index is 4.57. The lowest BCUT2D eigenvalue weighted by Crippen LogP contribution is -2.34. The lowest BCUT2D eigenvalue weighted by Gasteiger charge is -2.26. The summed E-state index contributed by atoms with van der Waals surface area (Å²) in [6.45, 7) is 9.46. The summed E-state index contributed by atoms with van der Waals surface area (Å²) < 4.78 is 0. The van der Waals surface area contributed by atoms with Crippen LogP contribution < -0.4 is 0 Å². The maximum Gasteiger partial charge on any atom is 0.105 e. The minimum absolute atomic E-state index is 0.451. The highest BCUT2D eigenvalue weighted by atomic mass is 15.3. The Morgan fingerprint density at radius 2 is 2.25 bits per heavy atom. The normalized spacial score (nSPS) is 39.9. The smallest absolute Gasteiger partial charge is 0.105 e. The third-order valence-corrected chi connectivity index (χ3v) is 3.47. The molecule has 0 aromatic heterocycles. The zero-order valence-electron chi connectivity index (χ0n) is 8.25. The summed E-state index contributed by atoms with van der Waals surface area (Å²) in [6, 6.07) is 0. The first-order chi connectivity index (χ1) is 5.61. The van der Waals surface area contributed by atoms with E-state index in [1.54, 1.807) is 0 Å². The van der Waals surface area contributed by atoms with Gasteiger partial charge in [0.1, 0.15) is 6.17 Å². The summed E-state index contributed by atoms with van der Waals surface area (Å²) in [5.41, 5.74) is 0.451. The van der Waals surface area contributed by atoms with Crippen molar-refractivity contribution in [3.63, 3.8) is 0 Å². The van der Waals surface area contributed by atoms with E-state index >= 15 is 0 Å². The molecule has 2 heterocycles. The van der Waals surface area contributed by atoms with Crippen LogP contribution >= 0.6 is 0 Å². The van der Waals surface area contributed by atoms with E-state index < -0.39 is 0 Å². The summed E-state index contributed by atoms with van der Waals surface area (Å²) in [7, 11) is 0. The first-order valence-corrected chi connectivity index (χ1v) is 4.87. The van der Waals surface area contributed by atoms with E-state index in [0.29, 0.717) is 17.5 Å². The number of fused-ring (bicyclic) bond motifs is 1. The first-order valence-electron chi connectivity index (χ1n) is 4.87. The quantitative estimate of drug-likeness (QED) is 0.535. The number of nitrogens with zero attached hydrogens (tertiary/aromatic N) is 2. The van der Waals surface area contributed by atoms with E-state index in [4.69, 9.17) is 0 Å². The molecule has 0 aliphatic carbocycles. The highest BCUT2D eigenvalue weighted by Crippen LogP contribution is 2.40. The van der Waals surface area contributed by atoms with Gasteiger partial charge in [0.15, 0.2) is 0 Å². The van der Waals surface area contributed by atoms with Crippen LogP contribution in [-0.2, 0) is 0 Å². The molecule has 1 fully saturated rings. The SMILES string of the molecule is CC1C2N=CCCN2CC1(C)C. The van der Waals surface area contributed by atoms with Crippen LogP contribution in [-0.4, -0.2) is 30.4 Å². The van der Waals surface area contributed by atoms with Crippen molar-refractivity contribution >= 4 is 6.21 Å². The highest BCUT2D eigenvalue weighted by molar-refractivity contribution is 5.58. The van der Waals surface area contributed by atoms with Crippen LogP contribution in [0.5, 0.6) is 0 Å². The Kier molecular flexibility index (Phi) is 1.76. The molecule has 2 atom stereocenters. The zero-order valence-corrected chi connectivity index (χ0v) is 8.25. The number of hydrogen-bond donors (Lipinski definition) is 0. The molecule has 2 aliphatic heterocycles. The molecule has 0 N–H and O–H groups in total. The zero-order chi connectivity index (χ0) is 8.77. The molecule has 0 aromatic rings. The number of hydrogen-bond acceptors (Lipinski definition) is 2. The molecule has 68 valence electrons. The molecule has 0 bridgehead atoms. The molecular formula is C10H18N2. The van der Waals surface area contributed by atoms with Gasteiger partial charge in [0.05, 0.1) is 0 Å². The average molecular weight is 166 g/mol. The topological polar surface area (TPSA) is 15.6 Å². The third kappa shape index (κ3) is 1.09. The molecule has 2 unspecified atom stereocenters. The molecule has 2 aliphatic rings. The molecule has 2 rings (SSSR count). The average Bonchev–Trinajstić information content (AvgIpc) is 2.24. The van der Waals surface area contributed by atoms with E-state index in [1.807, 2.05) is 0 Å². The van der Waals surface area contributed by atoms with Gasteiger partial charge in [0.2, 0.25) is 0 Å². The van der Waals surface area contributed by atoms with Crippen LogP contribution in [0.4, 0.5) is 0 Å². The first kappa shape index (κ1) is 8.24. The van der Waals surface area contributed by atoms with Crippen LogP contribution in [0.2, 0.25) is 0 Å². The van der Waals surface area contributed by atoms with Gasteiger partial charge in [0, 0.05) is 19.3 Å². The standard InChI is InChI=1S/C10H18N2/c1-8-9-11-5-4-6-12(9)7-10(8,2)3/h5,8-9H,4,6-7H2,1-3H3. The van der Waals surface area contributed by atoms with Crippen LogP contribution in [0.3, 0.4) is 0 Å². The van der Waals surface area contributed by atoms with Gasteiger partial charge in [-0.3, -0.25) is 9.89 Å². The molecule has 0 saturated carbocycles. The van der Waals surface area contributed by atoms with E-state index in [0.717, 1.165) is 6.42 Å². The fraction of sp³-hybridized carbons (Fsp3) is 0.900. The van der Waals surface area contributed by atoms with Crippen LogP contribution in [0, 0.1) is 11.3 Å². The lowest BCUT2D eigenvalue weighted by molar-refractivity contribution is 0.235. The molecule has 0 amide bonds. The minimum Gasteiger partial charge on any atom is -0.281 e. The Morgan fingerprint density at radius 1 is 1.50 bits per heavy atom. The third-order valence-electron chi connectivity index (χ3n) is 3.47. The van der Waals surface area contributed by atoms with Crippen molar-refractivity contribution in [2.75, 3.05) is 13.1 Å². The van der Waals surface area contributed by atoms with Gasteiger partial charge in [0.25, 0.3) is 0 Å². The van der Waals surface area contributed by atoms with Crippen molar-refractivity contribution in [2.24, 2.45) is 16.3 Å². The maximum absolute atomic E-state index is 4.57. The van der Waals surface area contributed by atoms with Crippen molar-refractivity contribution in [2.45, 2.75) is 33.4 Å². The Bertz CT molecular complexity index is 208. The molecular weight excluding hydrogens is 148 g/mol. The summed E-state index contributed by atoms with van der Waals surface area (Å²) in [5, 5.41) is 0. The predicted octanol–water partition coefficient (Wildman–Crippen LogP) is 1.76. The van der Waals surface area contributed by atoms with Gasteiger partial charge in [-0.2, -0.15) is 0 Å². The van der Waals surface area contributed by atoms with Gasteiger partial charge in [-0.15, -0.1) is 0 Å². The number of aliphatic imine (C=N–C) groups is 1. The second kappa shape index (κ2) is 2.56. The molecule has 2 heteroatoms. The highest BCUT2D eigenvalue weighted by Gasteiger charge is 2.44. The van der Waals surface area contributed by atoms with Gasteiger partial charge in [-0.1, -0.05) is 20.8 Å². The molecule has 0 radical (unpaired) electrons. The Balaban J connectivity index is 2.22. The van der Waals surface area contributed by atoms with E-state index in [9.17, 15) is 0 Å². The van der Waals surface area contributed by atoms with E-state index in [1.165, 1.54) is 13.1 Å². The molecule has 2 nitrogen and oxygen atoms in total. The second-order valence-corrected chi connectivity index (χ2v) is 4.78. The van der Waals surface area contributed by atoms with Crippen molar-refractivity contribution in [3.8, 4) is 0 Å². The van der Waals surface area contributed by atoms with Crippen LogP contribution in [0.15, 0.2) is 4.99 Å². The lowest BCUT2D eigenvalue weighted by atomic mass is 9.82. The Morgan fingerprint density at radius 3 is 2.92 bits per heavy atom. The fourth-order valence-corrected chi connectivity index (χ4v) is 2.32. The largest absolute Gasteiger partial charge is 0.281 e. The van der Waals surface area contributed by atoms with E-state index in [2.05, 4.69) is 36.9 Å². The van der Waals surface area contributed by atoms with Gasteiger partial charge < -0.3 is 0 Å². The summed E-state index contributed by atoms with van der Waals surface area (Å²) in [5.74, 6) is 0.703. The van der Waals surface area contributed by atoms with E-state index in [-0.39, 0.29) is 0 Å². The van der Waals surface area contributed by atoms with Gasteiger partial charge in [-0.05, 0) is 17.8 Å². The minimum atomic E-state index is 0.451. The van der Waals surface area contributed by atoms with Crippen molar-refractivity contribution < 1.29 is 0 Å². The summed E-state index contributed by atoms with van der Waals surface area (Å²) in [4.78, 5) is 7.09. The van der Waals surface area contributed by atoms with Crippen molar-refractivity contribution in [3.05, 3.63) is 0 Å². The van der Waals surface area contributed by atoms with Crippen LogP contribution in [0.25, 0.3) is 0 Å². The Hall–Kier alpha value is -0.370. The van der Waals surface area contributed by atoms with Crippen molar-refractivity contribution in [1.82, 2.24) is 4.90 Å².